The van der Waals surface area contributed by atoms with E-state index in [1.165, 1.54) is 21.0 Å². The van der Waals surface area contributed by atoms with Gasteiger partial charge < -0.3 is 9.47 Å². The molecule has 1 rings (SSSR count). The molecule has 0 saturated carbocycles. The van der Waals surface area contributed by atoms with E-state index >= 15 is 0 Å². The number of esters is 1. The van der Waals surface area contributed by atoms with E-state index < -0.39 is 11.4 Å². The van der Waals surface area contributed by atoms with Gasteiger partial charge in [-0.2, -0.15) is 0 Å². The van der Waals surface area contributed by atoms with Crippen LogP contribution in [0.3, 0.4) is 0 Å². The highest BCUT2D eigenvalue weighted by molar-refractivity contribution is 9.10. The molecule has 0 amide bonds. The molecule has 5 heteroatoms. The summed E-state index contributed by atoms with van der Waals surface area (Å²) in [5.41, 5.74) is -1.19. The lowest BCUT2D eigenvalue weighted by atomic mass is 9.88. The Morgan fingerprint density at radius 3 is 2.28 bits per heavy atom. The molecule has 0 radical (unpaired) electrons. The average Bonchev–Trinajstić information content (AvgIpc) is 2.36. The van der Waals surface area contributed by atoms with Gasteiger partial charge in [-0.1, -0.05) is 15.9 Å². The molecule has 0 unspecified atom stereocenters. The van der Waals surface area contributed by atoms with Gasteiger partial charge in [-0.15, -0.1) is 0 Å². The lowest BCUT2D eigenvalue weighted by Crippen LogP contribution is -2.37. The Hall–Kier alpha value is -1.36. The van der Waals surface area contributed by atoms with E-state index in [0.29, 0.717) is 5.75 Å². The molecule has 0 aliphatic heterocycles. The number of carbonyl (C=O) groups is 2. The van der Waals surface area contributed by atoms with Gasteiger partial charge in [0.05, 0.1) is 7.11 Å². The van der Waals surface area contributed by atoms with E-state index in [2.05, 4.69) is 20.7 Å². The first-order valence-corrected chi connectivity index (χ1v) is 6.17. The predicted octanol–water partition coefficient (Wildman–Crippen LogP) is 2.60. The smallest absolute Gasteiger partial charge is 0.318 e. The van der Waals surface area contributed by atoms with Gasteiger partial charge in [-0.05, 0) is 38.1 Å². The number of halogens is 1. The van der Waals surface area contributed by atoms with Crippen molar-refractivity contribution in [3.8, 4) is 5.75 Å². The van der Waals surface area contributed by atoms with Crippen molar-refractivity contribution in [2.45, 2.75) is 13.8 Å². The topological polar surface area (TPSA) is 52.6 Å². The summed E-state index contributed by atoms with van der Waals surface area (Å²) in [7, 11) is 1.26. The average molecular weight is 315 g/mol. The zero-order chi connectivity index (χ0) is 13.8. The predicted molar refractivity (Wildman–Crippen MR) is 70.4 cm³/mol. The van der Waals surface area contributed by atoms with E-state index in [-0.39, 0.29) is 12.4 Å². The minimum Gasteiger partial charge on any atom is -0.486 e. The third-order valence-corrected chi connectivity index (χ3v) is 3.11. The number of ether oxygens (including phenoxy) is 2. The second-order valence-electron chi connectivity index (χ2n) is 4.28. The van der Waals surface area contributed by atoms with Crippen molar-refractivity contribution in [1.82, 2.24) is 0 Å². The maximum absolute atomic E-state index is 11.9. The molecule has 0 atom stereocenters. The molecular formula is C13H15BrO4. The first-order valence-electron chi connectivity index (χ1n) is 5.38. The Bertz CT molecular complexity index is 437. The molecule has 98 valence electrons. The summed E-state index contributed by atoms with van der Waals surface area (Å²) in [6, 6.07) is 7.10. The van der Waals surface area contributed by atoms with E-state index in [9.17, 15) is 9.59 Å². The van der Waals surface area contributed by atoms with Crippen LogP contribution < -0.4 is 4.74 Å². The van der Waals surface area contributed by atoms with Crippen LogP contribution in [0.4, 0.5) is 0 Å². The Balaban J connectivity index is 2.61. The molecule has 0 aliphatic rings. The number of ketones is 1. The first kappa shape index (κ1) is 14.7. The summed E-state index contributed by atoms with van der Waals surface area (Å²) in [6.45, 7) is 2.88. The lowest BCUT2D eigenvalue weighted by Gasteiger charge is -2.19. The molecule has 0 aliphatic carbocycles. The molecule has 4 nitrogen and oxygen atoms in total. The Morgan fingerprint density at radius 1 is 1.22 bits per heavy atom. The van der Waals surface area contributed by atoms with Gasteiger partial charge in [-0.25, -0.2) is 0 Å². The van der Waals surface area contributed by atoms with Crippen molar-refractivity contribution in [3.63, 3.8) is 0 Å². The van der Waals surface area contributed by atoms with Gasteiger partial charge in [0.25, 0.3) is 0 Å². The molecule has 1 aromatic rings. The molecule has 0 aromatic heterocycles. The number of methoxy groups -OCH3 is 1. The van der Waals surface area contributed by atoms with Crippen LogP contribution in [0.5, 0.6) is 5.75 Å². The zero-order valence-electron chi connectivity index (χ0n) is 10.5. The minimum absolute atomic E-state index is 0.163. The van der Waals surface area contributed by atoms with Gasteiger partial charge >= 0.3 is 5.97 Å². The number of rotatable bonds is 5. The van der Waals surface area contributed by atoms with Crippen LogP contribution in [0.25, 0.3) is 0 Å². The molecule has 0 bridgehead atoms. The Kier molecular flexibility index (Phi) is 4.90. The molecule has 0 spiro atoms. The normalized spacial score (nSPS) is 10.9. The van der Waals surface area contributed by atoms with Crippen LogP contribution in [0, 0.1) is 5.41 Å². The van der Waals surface area contributed by atoms with Crippen LogP contribution in [0.1, 0.15) is 13.8 Å². The molecule has 1 aromatic carbocycles. The van der Waals surface area contributed by atoms with Crippen molar-refractivity contribution < 1.29 is 19.1 Å². The second-order valence-corrected chi connectivity index (χ2v) is 5.20. The number of Topliss-reactive ketones (excluding diaryl/α,β-unsaturated/α-hetero) is 1. The standard InChI is InChI=1S/C13H15BrO4/c1-13(2,12(16)17-3)11(15)8-18-10-6-4-9(14)5-7-10/h4-7H,8H2,1-3H3. The monoisotopic (exact) mass is 314 g/mol. The molecule has 0 N–H and O–H groups in total. The summed E-state index contributed by atoms with van der Waals surface area (Å²) < 4.78 is 10.8. The minimum atomic E-state index is -1.19. The Morgan fingerprint density at radius 2 is 1.78 bits per heavy atom. The van der Waals surface area contributed by atoms with Gasteiger partial charge in [0.2, 0.25) is 0 Å². The molecule has 18 heavy (non-hydrogen) atoms. The van der Waals surface area contributed by atoms with Crippen LogP contribution >= 0.6 is 15.9 Å². The third kappa shape index (κ3) is 3.57. The molecule has 0 saturated heterocycles. The third-order valence-electron chi connectivity index (χ3n) is 2.58. The summed E-state index contributed by atoms with van der Waals surface area (Å²) >= 11 is 3.30. The van der Waals surface area contributed by atoms with Crippen molar-refractivity contribution in [1.29, 1.82) is 0 Å². The Labute approximate surface area is 114 Å². The van der Waals surface area contributed by atoms with Gasteiger partial charge in [0.1, 0.15) is 17.8 Å². The quantitative estimate of drug-likeness (QED) is 0.619. The maximum atomic E-state index is 11.9. The fourth-order valence-electron chi connectivity index (χ4n) is 1.23. The maximum Gasteiger partial charge on any atom is 0.318 e. The summed E-state index contributed by atoms with van der Waals surface area (Å²) in [6.07, 6.45) is 0. The SMILES string of the molecule is COC(=O)C(C)(C)C(=O)COc1ccc(Br)cc1. The number of carbonyl (C=O) groups excluding carboxylic acids is 2. The van der Waals surface area contributed by atoms with Crippen LogP contribution in [-0.2, 0) is 14.3 Å². The largest absolute Gasteiger partial charge is 0.486 e. The van der Waals surface area contributed by atoms with Crippen LogP contribution in [-0.4, -0.2) is 25.5 Å². The molecular weight excluding hydrogens is 300 g/mol. The van der Waals surface area contributed by atoms with E-state index in [1.807, 2.05) is 12.1 Å². The number of hydrogen-bond donors (Lipinski definition) is 0. The fourth-order valence-corrected chi connectivity index (χ4v) is 1.49. The van der Waals surface area contributed by atoms with Crippen molar-refractivity contribution >= 4 is 27.7 Å². The highest BCUT2D eigenvalue weighted by atomic mass is 79.9. The van der Waals surface area contributed by atoms with Crippen molar-refractivity contribution in [3.05, 3.63) is 28.7 Å². The van der Waals surface area contributed by atoms with Crippen LogP contribution in [0.15, 0.2) is 28.7 Å². The number of hydrogen-bond acceptors (Lipinski definition) is 4. The van der Waals surface area contributed by atoms with Gasteiger partial charge in [-0.3, -0.25) is 9.59 Å². The fraction of sp³-hybridized carbons (Fsp3) is 0.385. The van der Waals surface area contributed by atoms with E-state index in [4.69, 9.17) is 4.74 Å². The number of benzene rings is 1. The molecule has 0 heterocycles. The van der Waals surface area contributed by atoms with Gasteiger partial charge in [0, 0.05) is 4.47 Å². The highest BCUT2D eigenvalue weighted by Crippen LogP contribution is 2.20. The van der Waals surface area contributed by atoms with E-state index in [0.717, 1.165) is 4.47 Å². The van der Waals surface area contributed by atoms with Crippen molar-refractivity contribution in [2.24, 2.45) is 5.41 Å². The highest BCUT2D eigenvalue weighted by Gasteiger charge is 2.37. The lowest BCUT2D eigenvalue weighted by molar-refractivity contribution is -0.156. The summed E-state index contributed by atoms with van der Waals surface area (Å²) in [5, 5.41) is 0. The summed E-state index contributed by atoms with van der Waals surface area (Å²) in [5.74, 6) is -0.309. The van der Waals surface area contributed by atoms with E-state index in [1.54, 1.807) is 12.1 Å². The van der Waals surface area contributed by atoms with Gasteiger partial charge in [0.15, 0.2) is 5.78 Å². The second kappa shape index (κ2) is 6.00. The first-order chi connectivity index (χ1) is 8.37. The zero-order valence-corrected chi connectivity index (χ0v) is 12.1. The molecule has 0 fully saturated rings. The summed E-state index contributed by atoms with van der Waals surface area (Å²) in [4.78, 5) is 23.3. The van der Waals surface area contributed by atoms with Crippen LogP contribution in [0.2, 0.25) is 0 Å². The van der Waals surface area contributed by atoms with Crippen molar-refractivity contribution in [2.75, 3.05) is 13.7 Å².